The first-order valence-electron chi connectivity index (χ1n) is 3.93. The van der Waals surface area contributed by atoms with Crippen LogP contribution in [0.4, 0.5) is 13.2 Å². The molecule has 1 aliphatic rings. The topological polar surface area (TPSA) is 9.23 Å². The van der Waals surface area contributed by atoms with E-state index in [9.17, 15) is 13.2 Å². The van der Waals surface area contributed by atoms with E-state index in [-0.39, 0.29) is 6.42 Å². The van der Waals surface area contributed by atoms with Gasteiger partial charge in [0.15, 0.2) is 0 Å². The standard InChI is InChI=1S/C9H11F3O/c1-6-3-7(9(10,11)12)5-8(4-6)13-2/h4-5,7H,3H2,1-2H3. The van der Waals surface area contributed by atoms with Crippen LogP contribution in [0.5, 0.6) is 0 Å². The number of halogens is 3. The van der Waals surface area contributed by atoms with Crippen molar-refractivity contribution in [3.8, 4) is 0 Å². The van der Waals surface area contributed by atoms with Gasteiger partial charge in [0, 0.05) is 0 Å². The van der Waals surface area contributed by atoms with Crippen molar-refractivity contribution in [1.29, 1.82) is 0 Å². The Morgan fingerprint density at radius 2 is 2.08 bits per heavy atom. The van der Waals surface area contributed by atoms with Crippen molar-refractivity contribution < 1.29 is 17.9 Å². The molecule has 1 rings (SSSR count). The Balaban J connectivity index is 2.84. The number of methoxy groups -OCH3 is 1. The fourth-order valence-electron chi connectivity index (χ4n) is 1.29. The maximum Gasteiger partial charge on any atom is 0.395 e. The second-order valence-corrected chi connectivity index (χ2v) is 3.12. The molecular formula is C9H11F3O. The van der Waals surface area contributed by atoms with Gasteiger partial charge in [-0.2, -0.15) is 13.2 Å². The zero-order valence-electron chi connectivity index (χ0n) is 7.48. The molecule has 0 aromatic heterocycles. The van der Waals surface area contributed by atoms with Crippen molar-refractivity contribution in [2.75, 3.05) is 7.11 Å². The molecule has 0 heterocycles. The molecule has 74 valence electrons. The summed E-state index contributed by atoms with van der Waals surface area (Å²) in [6.45, 7) is 1.67. The Hall–Kier alpha value is -0.930. The average molecular weight is 192 g/mol. The molecule has 0 saturated carbocycles. The molecule has 1 atom stereocenters. The first-order valence-corrected chi connectivity index (χ1v) is 3.93. The van der Waals surface area contributed by atoms with E-state index in [1.54, 1.807) is 13.0 Å². The first kappa shape index (κ1) is 10.2. The van der Waals surface area contributed by atoms with E-state index < -0.39 is 12.1 Å². The van der Waals surface area contributed by atoms with Crippen molar-refractivity contribution in [1.82, 2.24) is 0 Å². The van der Waals surface area contributed by atoms with Crippen LogP contribution in [0.3, 0.4) is 0 Å². The van der Waals surface area contributed by atoms with Crippen molar-refractivity contribution in [3.63, 3.8) is 0 Å². The molecule has 0 fully saturated rings. The third-order valence-corrected chi connectivity index (χ3v) is 1.95. The van der Waals surface area contributed by atoms with E-state index in [0.29, 0.717) is 11.3 Å². The monoisotopic (exact) mass is 192 g/mol. The summed E-state index contributed by atoms with van der Waals surface area (Å²) in [6, 6.07) is 0. The molecule has 0 amide bonds. The maximum atomic E-state index is 12.3. The Bertz CT molecular complexity index is 250. The van der Waals surface area contributed by atoms with E-state index in [4.69, 9.17) is 4.74 Å². The minimum Gasteiger partial charge on any atom is -0.497 e. The Morgan fingerprint density at radius 3 is 2.54 bits per heavy atom. The highest BCUT2D eigenvalue weighted by Gasteiger charge is 2.39. The van der Waals surface area contributed by atoms with Gasteiger partial charge in [-0.25, -0.2) is 0 Å². The van der Waals surface area contributed by atoms with Gasteiger partial charge in [0.1, 0.15) is 5.76 Å². The van der Waals surface area contributed by atoms with Crippen molar-refractivity contribution >= 4 is 0 Å². The maximum absolute atomic E-state index is 12.3. The zero-order valence-corrected chi connectivity index (χ0v) is 7.48. The molecule has 4 heteroatoms. The molecule has 0 saturated heterocycles. The van der Waals surface area contributed by atoms with Gasteiger partial charge in [-0.1, -0.05) is 5.57 Å². The molecule has 0 N–H and O–H groups in total. The third-order valence-electron chi connectivity index (χ3n) is 1.95. The number of ether oxygens (including phenoxy) is 1. The number of rotatable bonds is 1. The average Bonchev–Trinajstić information content (AvgIpc) is 2.01. The lowest BCUT2D eigenvalue weighted by atomic mass is 9.94. The first-order chi connectivity index (χ1) is 5.93. The van der Waals surface area contributed by atoms with Crippen LogP contribution >= 0.6 is 0 Å². The largest absolute Gasteiger partial charge is 0.497 e. The van der Waals surface area contributed by atoms with Gasteiger partial charge >= 0.3 is 6.18 Å². The predicted molar refractivity (Wildman–Crippen MR) is 43.0 cm³/mol. The number of alkyl halides is 3. The van der Waals surface area contributed by atoms with Gasteiger partial charge < -0.3 is 4.74 Å². The molecule has 0 radical (unpaired) electrons. The van der Waals surface area contributed by atoms with E-state index in [1.807, 2.05) is 0 Å². The summed E-state index contributed by atoms with van der Waals surface area (Å²) in [5.41, 5.74) is 0.696. The summed E-state index contributed by atoms with van der Waals surface area (Å²) in [5, 5.41) is 0. The van der Waals surface area contributed by atoms with Crippen molar-refractivity contribution in [2.45, 2.75) is 19.5 Å². The highest BCUT2D eigenvalue weighted by molar-refractivity contribution is 5.24. The molecular weight excluding hydrogens is 181 g/mol. The van der Waals surface area contributed by atoms with Crippen LogP contribution < -0.4 is 0 Å². The summed E-state index contributed by atoms with van der Waals surface area (Å²) in [6.07, 6.45) is -1.38. The number of hydrogen-bond acceptors (Lipinski definition) is 1. The second-order valence-electron chi connectivity index (χ2n) is 3.12. The summed E-state index contributed by atoms with van der Waals surface area (Å²) >= 11 is 0. The third kappa shape index (κ3) is 2.50. The molecule has 1 nitrogen and oxygen atoms in total. The van der Waals surface area contributed by atoms with E-state index in [1.165, 1.54) is 7.11 Å². The normalized spacial score (nSPS) is 23.6. The summed E-state index contributed by atoms with van der Waals surface area (Å²) in [4.78, 5) is 0. The Morgan fingerprint density at radius 1 is 1.46 bits per heavy atom. The van der Waals surface area contributed by atoms with Gasteiger partial charge in [-0.05, 0) is 25.5 Å². The lowest BCUT2D eigenvalue weighted by molar-refractivity contribution is -0.161. The quantitative estimate of drug-likeness (QED) is 0.620. The number of allylic oxidation sites excluding steroid dienone is 3. The highest BCUT2D eigenvalue weighted by atomic mass is 19.4. The number of hydrogen-bond donors (Lipinski definition) is 0. The fourth-order valence-corrected chi connectivity index (χ4v) is 1.29. The van der Waals surface area contributed by atoms with Crippen LogP contribution in [-0.2, 0) is 4.74 Å². The van der Waals surface area contributed by atoms with Crippen LogP contribution in [0.2, 0.25) is 0 Å². The molecule has 0 aromatic rings. The van der Waals surface area contributed by atoms with Gasteiger partial charge in [0.25, 0.3) is 0 Å². The summed E-state index contributed by atoms with van der Waals surface area (Å²) in [7, 11) is 1.37. The fraction of sp³-hybridized carbons (Fsp3) is 0.556. The van der Waals surface area contributed by atoms with Crippen LogP contribution in [-0.4, -0.2) is 13.3 Å². The van der Waals surface area contributed by atoms with E-state index >= 15 is 0 Å². The van der Waals surface area contributed by atoms with Gasteiger partial charge in [-0.3, -0.25) is 0 Å². The minimum atomic E-state index is -4.17. The second kappa shape index (κ2) is 3.44. The highest BCUT2D eigenvalue weighted by Crippen LogP contribution is 2.35. The van der Waals surface area contributed by atoms with Gasteiger partial charge in [-0.15, -0.1) is 0 Å². The molecule has 0 aromatic carbocycles. The van der Waals surface area contributed by atoms with Crippen LogP contribution in [0, 0.1) is 5.92 Å². The molecule has 13 heavy (non-hydrogen) atoms. The summed E-state index contributed by atoms with van der Waals surface area (Å²) in [5.74, 6) is -1.10. The Kier molecular flexibility index (Phi) is 2.68. The molecule has 1 unspecified atom stereocenters. The predicted octanol–water partition coefficient (Wildman–Crippen LogP) is 3.05. The lowest BCUT2D eigenvalue weighted by Crippen LogP contribution is -2.23. The van der Waals surface area contributed by atoms with E-state index in [2.05, 4.69) is 0 Å². The van der Waals surface area contributed by atoms with Gasteiger partial charge in [0.2, 0.25) is 0 Å². The Labute approximate surface area is 74.9 Å². The molecule has 1 aliphatic carbocycles. The minimum absolute atomic E-state index is 0.0381. The SMILES string of the molecule is COC1=CC(C(F)(F)F)CC(C)=C1. The zero-order chi connectivity index (χ0) is 10.1. The lowest BCUT2D eigenvalue weighted by Gasteiger charge is -2.21. The molecule has 0 aliphatic heterocycles. The van der Waals surface area contributed by atoms with Crippen LogP contribution in [0.25, 0.3) is 0 Å². The van der Waals surface area contributed by atoms with Crippen molar-refractivity contribution in [2.24, 2.45) is 5.92 Å². The molecule has 0 spiro atoms. The van der Waals surface area contributed by atoms with Crippen LogP contribution in [0.1, 0.15) is 13.3 Å². The van der Waals surface area contributed by atoms with E-state index in [0.717, 1.165) is 6.08 Å². The van der Waals surface area contributed by atoms with Gasteiger partial charge in [0.05, 0.1) is 13.0 Å². The molecule has 0 bridgehead atoms. The van der Waals surface area contributed by atoms with Crippen LogP contribution in [0.15, 0.2) is 23.5 Å². The summed E-state index contributed by atoms with van der Waals surface area (Å²) < 4.78 is 41.7. The smallest absolute Gasteiger partial charge is 0.395 e. The van der Waals surface area contributed by atoms with Crippen molar-refractivity contribution in [3.05, 3.63) is 23.5 Å².